The van der Waals surface area contributed by atoms with Crippen molar-refractivity contribution >= 4 is 41.3 Å². The number of hydrogen-bond donors (Lipinski definition) is 3. The number of nitrogens with zero attached hydrogens (tertiary/aromatic N) is 1. The highest BCUT2D eigenvalue weighted by Crippen LogP contribution is 2.35. The van der Waals surface area contributed by atoms with Crippen LogP contribution in [-0.2, 0) is 0 Å². The van der Waals surface area contributed by atoms with Gasteiger partial charge in [0.1, 0.15) is 11.3 Å². The molecule has 0 radical (unpaired) electrons. The third-order valence-corrected chi connectivity index (χ3v) is 4.66. The van der Waals surface area contributed by atoms with Gasteiger partial charge >= 0.3 is 12.0 Å². The van der Waals surface area contributed by atoms with Gasteiger partial charge in [0.2, 0.25) is 0 Å². The second-order valence-corrected chi connectivity index (χ2v) is 6.69. The van der Waals surface area contributed by atoms with Crippen molar-refractivity contribution in [3.05, 3.63) is 89.0 Å². The summed E-state index contributed by atoms with van der Waals surface area (Å²) in [6, 6.07) is 19.0. The molecule has 7 nitrogen and oxygen atoms in total. The Kier molecular flexibility index (Phi) is 6.16. The van der Waals surface area contributed by atoms with E-state index in [1.807, 2.05) is 60.7 Å². The van der Waals surface area contributed by atoms with Crippen LogP contribution in [0, 0.1) is 0 Å². The first kappa shape index (κ1) is 21.3. The third-order valence-electron chi connectivity index (χ3n) is 4.66. The number of aromatic carboxylic acids is 1. The Morgan fingerprint density at radius 1 is 0.774 bits per heavy atom. The van der Waals surface area contributed by atoms with Gasteiger partial charge in [0.05, 0.1) is 16.9 Å². The minimum Gasteiger partial charge on any atom is -0.506 e. The number of benzene rings is 3. The summed E-state index contributed by atoms with van der Waals surface area (Å²) in [6.07, 6.45) is 3.99. The topological polar surface area (TPSA) is 121 Å². The average Bonchev–Trinajstić information content (AvgIpc) is 2.91. The Bertz CT molecular complexity index is 1120. The molecule has 1 heterocycles. The van der Waals surface area contributed by atoms with Gasteiger partial charge in [-0.2, -0.15) is 0 Å². The second kappa shape index (κ2) is 8.96. The van der Waals surface area contributed by atoms with Gasteiger partial charge in [0.15, 0.2) is 5.78 Å². The first-order chi connectivity index (χ1) is 14.8. The number of carbonyl (C=O) groups excluding carboxylic acids is 2. The predicted molar refractivity (Wildman–Crippen MR) is 119 cm³/mol. The van der Waals surface area contributed by atoms with Crippen LogP contribution in [0.5, 0.6) is 5.75 Å². The summed E-state index contributed by atoms with van der Waals surface area (Å²) < 4.78 is 0. The molecule has 4 N–H and O–H groups in total. The number of carboxylic acid groups (broad SMARTS) is 1. The molecule has 0 atom stereocenters. The van der Waals surface area contributed by atoms with Gasteiger partial charge < -0.3 is 15.9 Å². The molecule has 3 aromatic rings. The minimum absolute atomic E-state index is 0.0277. The van der Waals surface area contributed by atoms with Gasteiger partial charge in [-0.1, -0.05) is 54.6 Å². The molecule has 3 aromatic carbocycles. The number of phenols is 1. The van der Waals surface area contributed by atoms with Crippen LogP contribution in [-0.4, -0.2) is 28.0 Å². The lowest BCUT2D eigenvalue weighted by atomic mass is 10.1. The standard InChI is InChI=1S/C15H12N2O.C9H8O4/c16-15(18)17-13-7-3-1-5-11(13)9-10-12-6-2-4-8-14(12)17;1-5(10)6-3-2-4-7(8(6)11)9(12)13/h1-10H,(H2,16,18);2-4,11H,1H3,(H,12,13). The Morgan fingerprint density at radius 3 is 1.71 bits per heavy atom. The summed E-state index contributed by atoms with van der Waals surface area (Å²) in [6.45, 7) is 1.26. The van der Waals surface area contributed by atoms with E-state index in [0.717, 1.165) is 22.5 Å². The zero-order chi connectivity index (χ0) is 22.5. The van der Waals surface area contributed by atoms with E-state index in [0.29, 0.717) is 0 Å². The van der Waals surface area contributed by atoms with Crippen molar-refractivity contribution in [2.75, 3.05) is 4.90 Å². The van der Waals surface area contributed by atoms with Gasteiger partial charge in [-0.3, -0.25) is 9.69 Å². The van der Waals surface area contributed by atoms with Gasteiger partial charge in [0.25, 0.3) is 0 Å². The number of primary amides is 1. The summed E-state index contributed by atoms with van der Waals surface area (Å²) in [4.78, 5) is 34.7. The zero-order valence-corrected chi connectivity index (χ0v) is 16.6. The fourth-order valence-corrected chi connectivity index (χ4v) is 3.21. The van der Waals surface area contributed by atoms with E-state index in [1.54, 1.807) is 4.90 Å². The van der Waals surface area contributed by atoms with Crippen molar-refractivity contribution in [2.24, 2.45) is 5.73 Å². The Hall–Kier alpha value is -4.39. The van der Waals surface area contributed by atoms with Crippen molar-refractivity contribution in [1.82, 2.24) is 0 Å². The second-order valence-electron chi connectivity index (χ2n) is 6.69. The molecule has 156 valence electrons. The van der Waals surface area contributed by atoms with E-state index in [2.05, 4.69) is 0 Å². The van der Waals surface area contributed by atoms with Crippen molar-refractivity contribution in [3.8, 4) is 5.75 Å². The van der Waals surface area contributed by atoms with Crippen molar-refractivity contribution in [2.45, 2.75) is 6.92 Å². The molecule has 0 saturated carbocycles. The third kappa shape index (κ3) is 4.45. The van der Waals surface area contributed by atoms with Crippen LogP contribution in [0.2, 0.25) is 0 Å². The SMILES string of the molecule is CC(=O)c1cccc(C(=O)O)c1O.NC(=O)N1c2ccccc2C=Cc2ccccc21. The van der Waals surface area contributed by atoms with Crippen LogP contribution in [0.1, 0.15) is 38.8 Å². The average molecular weight is 416 g/mol. The first-order valence-corrected chi connectivity index (χ1v) is 9.33. The van der Waals surface area contributed by atoms with Gasteiger partial charge in [-0.05, 0) is 42.3 Å². The van der Waals surface area contributed by atoms with Crippen molar-refractivity contribution < 1.29 is 24.6 Å². The lowest BCUT2D eigenvalue weighted by molar-refractivity contribution is 0.0693. The van der Waals surface area contributed by atoms with Crippen molar-refractivity contribution in [1.29, 1.82) is 0 Å². The summed E-state index contributed by atoms with van der Waals surface area (Å²) in [5.74, 6) is -2.08. The van der Waals surface area contributed by atoms with Gasteiger partial charge in [0, 0.05) is 0 Å². The number of aromatic hydroxyl groups is 1. The van der Waals surface area contributed by atoms with Crippen LogP contribution >= 0.6 is 0 Å². The molecule has 1 aliphatic rings. The maximum absolute atomic E-state index is 11.8. The maximum atomic E-state index is 11.8. The summed E-state index contributed by atoms with van der Waals surface area (Å²) >= 11 is 0. The molecule has 1 aliphatic heterocycles. The van der Waals surface area contributed by atoms with E-state index in [4.69, 9.17) is 10.8 Å². The van der Waals surface area contributed by atoms with Crippen LogP contribution in [0.4, 0.5) is 16.2 Å². The number of Topliss-reactive ketones (excluding diaryl/α,β-unsaturated/α-hetero) is 1. The molecule has 0 aliphatic carbocycles. The molecule has 0 bridgehead atoms. The number of para-hydroxylation sites is 3. The fourth-order valence-electron chi connectivity index (χ4n) is 3.21. The number of hydrogen-bond acceptors (Lipinski definition) is 4. The number of rotatable bonds is 2. The molecule has 0 spiro atoms. The number of amides is 2. The quantitative estimate of drug-likeness (QED) is 0.524. The summed E-state index contributed by atoms with van der Waals surface area (Å²) in [5, 5.41) is 17.9. The number of carboxylic acids is 1. The lowest BCUT2D eigenvalue weighted by Crippen LogP contribution is -2.32. The minimum atomic E-state index is -1.25. The molecule has 0 fully saturated rings. The highest BCUT2D eigenvalue weighted by Gasteiger charge is 2.21. The highest BCUT2D eigenvalue weighted by atomic mass is 16.4. The molecule has 7 heteroatoms. The van der Waals surface area contributed by atoms with E-state index < -0.39 is 17.7 Å². The number of carbonyl (C=O) groups is 3. The van der Waals surface area contributed by atoms with E-state index in [1.165, 1.54) is 25.1 Å². The number of nitrogens with two attached hydrogens (primary N) is 1. The molecule has 0 aromatic heterocycles. The highest BCUT2D eigenvalue weighted by molar-refractivity contribution is 6.05. The molecule has 31 heavy (non-hydrogen) atoms. The van der Waals surface area contributed by atoms with E-state index >= 15 is 0 Å². The van der Waals surface area contributed by atoms with Crippen LogP contribution in [0.3, 0.4) is 0 Å². The molecular formula is C24H20N2O5. The number of fused-ring (bicyclic) bond motifs is 2. The van der Waals surface area contributed by atoms with Gasteiger partial charge in [-0.25, -0.2) is 9.59 Å². The fraction of sp³-hybridized carbons (Fsp3) is 0.0417. The Morgan fingerprint density at radius 2 is 1.26 bits per heavy atom. The Labute approximate surface area is 178 Å². The zero-order valence-electron chi connectivity index (χ0n) is 16.6. The molecule has 0 saturated heterocycles. The lowest BCUT2D eigenvalue weighted by Gasteiger charge is -2.22. The van der Waals surface area contributed by atoms with Crippen LogP contribution in [0.15, 0.2) is 66.7 Å². The summed E-state index contributed by atoms with van der Waals surface area (Å²) in [5.41, 5.74) is 8.88. The molecule has 2 amide bonds. The van der Waals surface area contributed by atoms with E-state index in [9.17, 15) is 19.5 Å². The van der Waals surface area contributed by atoms with Crippen LogP contribution in [0.25, 0.3) is 12.2 Å². The largest absolute Gasteiger partial charge is 0.506 e. The van der Waals surface area contributed by atoms with E-state index in [-0.39, 0.29) is 16.9 Å². The molecular weight excluding hydrogens is 396 g/mol. The number of urea groups is 1. The maximum Gasteiger partial charge on any atom is 0.339 e. The smallest absolute Gasteiger partial charge is 0.339 e. The molecule has 4 rings (SSSR count). The number of anilines is 2. The van der Waals surface area contributed by atoms with Gasteiger partial charge in [-0.15, -0.1) is 0 Å². The van der Waals surface area contributed by atoms with Crippen LogP contribution < -0.4 is 10.6 Å². The molecule has 0 unspecified atom stereocenters. The monoisotopic (exact) mass is 416 g/mol. The van der Waals surface area contributed by atoms with Crippen molar-refractivity contribution in [3.63, 3.8) is 0 Å². The normalized spacial score (nSPS) is 11.3. The first-order valence-electron chi connectivity index (χ1n) is 9.33. The number of ketones is 1. The predicted octanol–water partition coefficient (Wildman–Crippen LogP) is 4.68. The Balaban J connectivity index is 0.000000187. The summed E-state index contributed by atoms with van der Waals surface area (Å²) in [7, 11) is 0.